The van der Waals surface area contributed by atoms with Crippen LogP contribution in [0.2, 0.25) is 0 Å². The van der Waals surface area contributed by atoms with Crippen LogP contribution in [0.5, 0.6) is 0 Å². The van der Waals surface area contributed by atoms with Gasteiger partial charge in [0.2, 0.25) is 0 Å². The van der Waals surface area contributed by atoms with E-state index in [9.17, 15) is 0 Å². The lowest BCUT2D eigenvalue weighted by molar-refractivity contribution is 0.720. The molecule has 0 aliphatic rings. The standard InChI is InChI=1S/C7H7N5/c8-6-1-3-7(4-2-6)12-10-5-9-11-12/h1-5H,8H2. The first-order chi connectivity index (χ1) is 5.86. The monoisotopic (exact) mass is 161 g/mol. The third kappa shape index (κ3) is 1.12. The van der Waals surface area contributed by atoms with E-state index in [-0.39, 0.29) is 0 Å². The maximum Gasteiger partial charge on any atom is 0.162 e. The number of nitrogen functional groups attached to an aromatic ring is 1. The molecule has 0 radical (unpaired) electrons. The van der Waals surface area contributed by atoms with Gasteiger partial charge in [-0.1, -0.05) is 0 Å². The molecule has 12 heavy (non-hydrogen) atoms. The molecule has 1 aromatic heterocycles. The molecule has 60 valence electrons. The van der Waals surface area contributed by atoms with Gasteiger partial charge in [-0.3, -0.25) is 0 Å². The lowest BCUT2D eigenvalue weighted by Crippen LogP contribution is -1.98. The van der Waals surface area contributed by atoms with Gasteiger partial charge in [0.25, 0.3) is 0 Å². The van der Waals surface area contributed by atoms with Crippen LogP contribution < -0.4 is 5.73 Å². The molecule has 5 heteroatoms. The van der Waals surface area contributed by atoms with Crippen molar-refractivity contribution in [1.29, 1.82) is 0 Å². The number of tetrazole rings is 1. The largest absolute Gasteiger partial charge is 0.399 e. The number of anilines is 1. The normalized spacial score (nSPS) is 10.0. The quantitative estimate of drug-likeness (QED) is 0.608. The third-order valence-electron chi connectivity index (χ3n) is 1.47. The van der Waals surface area contributed by atoms with E-state index in [2.05, 4.69) is 15.4 Å². The van der Waals surface area contributed by atoms with Crippen LogP contribution in [0.1, 0.15) is 0 Å². The van der Waals surface area contributed by atoms with Crippen LogP contribution in [-0.4, -0.2) is 20.2 Å². The molecular weight excluding hydrogens is 154 g/mol. The average molecular weight is 161 g/mol. The van der Waals surface area contributed by atoms with E-state index in [0.717, 1.165) is 11.4 Å². The fourth-order valence-electron chi connectivity index (χ4n) is 0.893. The number of hydrogen-bond acceptors (Lipinski definition) is 4. The summed E-state index contributed by atoms with van der Waals surface area (Å²) in [7, 11) is 0. The molecule has 0 fully saturated rings. The van der Waals surface area contributed by atoms with Crippen molar-refractivity contribution in [3.8, 4) is 5.69 Å². The Morgan fingerprint density at radius 1 is 1.17 bits per heavy atom. The zero-order valence-electron chi connectivity index (χ0n) is 6.25. The lowest BCUT2D eigenvalue weighted by Gasteiger charge is -1.97. The summed E-state index contributed by atoms with van der Waals surface area (Å²) < 4.78 is 0. The Morgan fingerprint density at radius 3 is 2.50 bits per heavy atom. The van der Waals surface area contributed by atoms with Gasteiger partial charge in [-0.25, -0.2) is 0 Å². The summed E-state index contributed by atoms with van der Waals surface area (Å²) in [6.45, 7) is 0. The van der Waals surface area contributed by atoms with Gasteiger partial charge < -0.3 is 5.73 Å². The SMILES string of the molecule is Nc1ccc(-n2ncnn2)cc1. The molecule has 5 nitrogen and oxygen atoms in total. The second kappa shape index (κ2) is 2.61. The highest BCUT2D eigenvalue weighted by molar-refractivity contribution is 5.43. The van der Waals surface area contributed by atoms with Gasteiger partial charge in [0.1, 0.15) is 0 Å². The molecule has 0 spiro atoms. The second-order valence-corrected chi connectivity index (χ2v) is 2.32. The molecule has 0 bridgehead atoms. The van der Waals surface area contributed by atoms with Crippen molar-refractivity contribution in [3.05, 3.63) is 30.6 Å². The lowest BCUT2D eigenvalue weighted by atomic mass is 10.3. The van der Waals surface area contributed by atoms with E-state index >= 15 is 0 Å². The number of rotatable bonds is 1. The Labute approximate surface area is 68.8 Å². The predicted octanol–water partition coefficient (Wildman–Crippen LogP) is 0.244. The molecule has 1 heterocycles. The minimum atomic E-state index is 0.721. The van der Waals surface area contributed by atoms with Crippen LogP contribution in [0, 0.1) is 0 Å². The highest BCUT2D eigenvalue weighted by atomic mass is 15.6. The van der Waals surface area contributed by atoms with Gasteiger partial charge in [0.05, 0.1) is 5.69 Å². The Morgan fingerprint density at radius 2 is 1.92 bits per heavy atom. The van der Waals surface area contributed by atoms with Crippen LogP contribution in [0.25, 0.3) is 5.69 Å². The maximum atomic E-state index is 5.51. The van der Waals surface area contributed by atoms with Crippen LogP contribution in [0.4, 0.5) is 5.69 Å². The first-order valence-electron chi connectivity index (χ1n) is 3.45. The molecule has 0 unspecified atom stereocenters. The summed E-state index contributed by atoms with van der Waals surface area (Å²) in [5.41, 5.74) is 7.08. The van der Waals surface area contributed by atoms with Crippen molar-refractivity contribution in [3.63, 3.8) is 0 Å². The van der Waals surface area contributed by atoms with Gasteiger partial charge in [0, 0.05) is 5.69 Å². The molecule has 2 N–H and O–H groups in total. The summed E-state index contributed by atoms with van der Waals surface area (Å²) >= 11 is 0. The van der Waals surface area contributed by atoms with Crippen LogP contribution in [0.3, 0.4) is 0 Å². The van der Waals surface area contributed by atoms with E-state index in [1.54, 1.807) is 12.1 Å². The molecule has 0 aliphatic heterocycles. The van der Waals surface area contributed by atoms with E-state index < -0.39 is 0 Å². The van der Waals surface area contributed by atoms with E-state index in [4.69, 9.17) is 5.73 Å². The highest BCUT2D eigenvalue weighted by Gasteiger charge is 1.95. The van der Waals surface area contributed by atoms with Crippen molar-refractivity contribution >= 4 is 5.69 Å². The zero-order chi connectivity index (χ0) is 8.39. The molecular formula is C7H7N5. The van der Waals surface area contributed by atoms with E-state index in [1.807, 2.05) is 12.1 Å². The summed E-state index contributed by atoms with van der Waals surface area (Å²) in [6, 6.07) is 7.24. The Kier molecular flexibility index (Phi) is 1.48. The van der Waals surface area contributed by atoms with Crippen LogP contribution in [-0.2, 0) is 0 Å². The van der Waals surface area contributed by atoms with Gasteiger partial charge in [0.15, 0.2) is 6.33 Å². The second-order valence-electron chi connectivity index (χ2n) is 2.32. The molecule has 0 saturated heterocycles. The number of hydrogen-bond donors (Lipinski definition) is 1. The summed E-state index contributed by atoms with van der Waals surface area (Å²) in [5.74, 6) is 0. The number of aromatic nitrogens is 4. The van der Waals surface area contributed by atoms with Crippen LogP contribution >= 0.6 is 0 Å². The minimum Gasteiger partial charge on any atom is -0.399 e. The molecule has 2 aromatic rings. The summed E-state index contributed by atoms with van der Waals surface area (Å²) in [6.07, 6.45) is 1.39. The molecule has 1 aromatic carbocycles. The predicted molar refractivity (Wildman–Crippen MR) is 43.6 cm³/mol. The smallest absolute Gasteiger partial charge is 0.162 e. The molecule has 0 aliphatic carbocycles. The van der Waals surface area contributed by atoms with Crippen molar-refractivity contribution in [2.45, 2.75) is 0 Å². The summed E-state index contributed by atoms with van der Waals surface area (Å²) in [4.78, 5) is 1.43. The highest BCUT2D eigenvalue weighted by Crippen LogP contribution is 2.07. The van der Waals surface area contributed by atoms with Gasteiger partial charge >= 0.3 is 0 Å². The maximum absolute atomic E-state index is 5.51. The number of benzene rings is 1. The van der Waals surface area contributed by atoms with E-state index in [0.29, 0.717) is 0 Å². The Balaban J connectivity index is 2.43. The zero-order valence-corrected chi connectivity index (χ0v) is 6.25. The topological polar surface area (TPSA) is 69.6 Å². The molecule has 2 rings (SSSR count). The van der Waals surface area contributed by atoms with Gasteiger partial charge in [-0.05, 0) is 29.5 Å². The molecule has 0 atom stereocenters. The molecule has 0 amide bonds. The van der Waals surface area contributed by atoms with Crippen molar-refractivity contribution in [1.82, 2.24) is 20.2 Å². The van der Waals surface area contributed by atoms with Crippen LogP contribution in [0.15, 0.2) is 30.6 Å². The van der Waals surface area contributed by atoms with E-state index in [1.165, 1.54) is 11.1 Å². The Hall–Kier alpha value is -1.91. The molecule has 0 saturated carbocycles. The fraction of sp³-hybridized carbons (Fsp3) is 0. The van der Waals surface area contributed by atoms with Crippen molar-refractivity contribution in [2.24, 2.45) is 0 Å². The minimum absolute atomic E-state index is 0.721. The first-order valence-corrected chi connectivity index (χ1v) is 3.45. The number of nitrogens with zero attached hydrogens (tertiary/aromatic N) is 4. The van der Waals surface area contributed by atoms with Gasteiger partial charge in [-0.15, -0.1) is 15.0 Å². The number of nitrogens with two attached hydrogens (primary N) is 1. The fourth-order valence-corrected chi connectivity index (χ4v) is 0.893. The Bertz CT molecular complexity index is 350. The van der Waals surface area contributed by atoms with Gasteiger partial charge in [-0.2, -0.15) is 0 Å². The first kappa shape index (κ1) is 6.78. The summed E-state index contributed by atoms with van der Waals surface area (Å²) in [5, 5.41) is 11.2. The van der Waals surface area contributed by atoms with Crippen molar-refractivity contribution in [2.75, 3.05) is 5.73 Å². The third-order valence-corrected chi connectivity index (χ3v) is 1.47. The van der Waals surface area contributed by atoms with Crippen molar-refractivity contribution < 1.29 is 0 Å². The average Bonchev–Trinajstić information content (AvgIpc) is 2.58.